The molecule has 2 amide bonds. The average molecular weight is 499 g/mol. The highest BCUT2D eigenvalue weighted by Crippen LogP contribution is 2.35. The fourth-order valence-corrected chi connectivity index (χ4v) is 4.45. The zero-order valence-electron chi connectivity index (χ0n) is 19.8. The number of benzene rings is 3. The fraction of sp³-hybridized carbons (Fsp3) is 0.143. The largest absolute Gasteiger partial charge is 0.496 e. The van der Waals surface area contributed by atoms with Gasteiger partial charge in [-0.05, 0) is 67.4 Å². The number of nitrogens with zero attached hydrogens (tertiary/aromatic N) is 3. The quantitative estimate of drug-likeness (QED) is 0.397. The molecule has 36 heavy (non-hydrogen) atoms. The highest BCUT2D eigenvalue weighted by atomic mass is 35.5. The summed E-state index contributed by atoms with van der Waals surface area (Å²) in [5.41, 5.74) is 5.03. The van der Waals surface area contributed by atoms with Crippen molar-refractivity contribution in [3.8, 4) is 17.0 Å². The molecular formula is C28H23ClN4O3. The van der Waals surface area contributed by atoms with Crippen LogP contribution in [0.4, 0.5) is 11.4 Å². The second kappa shape index (κ2) is 9.79. The van der Waals surface area contributed by atoms with E-state index >= 15 is 0 Å². The minimum atomic E-state index is -0.335. The first-order valence-corrected chi connectivity index (χ1v) is 11.8. The Bertz CT molecular complexity index is 1470. The third-order valence-electron chi connectivity index (χ3n) is 6.08. The number of carbonyl (C=O) groups is 2. The minimum absolute atomic E-state index is 0.128. The van der Waals surface area contributed by atoms with Crippen LogP contribution in [0.15, 0.2) is 72.9 Å². The van der Waals surface area contributed by atoms with E-state index in [2.05, 4.69) is 15.3 Å². The lowest BCUT2D eigenvalue weighted by Crippen LogP contribution is -2.32. The number of fused-ring (bicyclic) bond motifs is 3. The molecule has 0 unspecified atom stereocenters. The molecule has 1 aromatic heterocycles. The molecule has 5 rings (SSSR count). The van der Waals surface area contributed by atoms with Gasteiger partial charge in [0.05, 0.1) is 24.1 Å². The lowest BCUT2D eigenvalue weighted by atomic mass is 10.0. The van der Waals surface area contributed by atoms with Crippen LogP contribution in [0.3, 0.4) is 0 Å². The van der Waals surface area contributed by atoms with Gasteiger partial charge in [0.25, 0.3) is 11.8 Å². The molecule has 0 spiro atoms. The predicted molar refractivity (Wildman–Crippen MR) is 140 cm³/mol. The molecule has 1 aliphatic rings. The van der Waals surface area contributed by atoms with Crippen molar-refractivity contribution < 1.29 is 14.3 Å². The Labute approximate surface area is 213 Å². The molecule has 0 saturated carbocycles. The number of methoxy groups -OCH3 is 1. The highest BCUT2D eigenvalue weighted by molar-refractivity contribution is 6.31. The number of amides is 2. The van der Waals surface area contributed by atoms with E-state index in [4.69, 9.17) is 16.3 Å². The summed E-state index contributed by atoms with van der Waals surface area (Å²) in [5.74, 6) is 0.611. The van der Waals surface area contributed by atoms with E-state index in [-0.39, 0.29) is 11.8 Å². The van der Waals surface area contributed by atoms with Gasteiger partial charge >= 0.3 is 0 Å². The van der Waals surface area contributed by atoms with Crippen LogP contribution < -0.4 is 15.0 Å². The SMILES string of the molecule is COc1cc(Cl)ccc1C(=O)Nc1ccc(C(=O)N2CCc3cnc(C)nc3-c3ccccc32)cc1. The van der Waals surface area contributed by atoms with Crippen LogP contribution in [0, 0.1) is 6.92 Å². The molecule has 0 aliphatic carbocycles. The van der Waals surface area contributed by atoms with Crippen LogP contribution in [0.25, 0.3) is 11.3 Å². The van der Waals surface area contributed by atoms with E-state index < -0.39 is 0 Å². The van der Waals surface area contributed by atoms with Crippen LogP contribution in [-0.4, -0.2) is 35.4 Å². The molecule has 1 N–H and O–H groups in total. The van der Waals surface area contributed by atoms with Crippen LogP contribution in [-0.2, 0) is 6.42 Å². The monoisotopic (exact) mass is 498 g/mol. The summed E-state index contributed by atoms with van der Waals surface area (Å²) >= 11 is 5.99. The Morgan fingerprint density at radius 3 is 2.61 bits per heavy atom. The number of para-hydroxylation sites is 1. The number of anilines is 2. The van der Waals surface area contributed by atoms with Gasteiger partial charge in [-0.15, -0.1) is 0 Å². The van der Waals surface area contributed by atoms with Crippen molar-refractivity contribution in [3.63, 3.8) is 0 Å². The summed E-state index contributed by atoms with van der Waals surface area (Å²) in [7, 11) is 1.48. The van der Waals surface area contributed by atoms with Gasteiger partial charge in [0.2, 0.25) is 0 Å². The van der Waals surface area contributed by atoms with E-state index in [0.717, 1.165) is 22.5 Å². The third-order valence-corrected chi connectivity index (χ3v) is 6.32. The van der Waals surface area contributed by atoms with Crippen molar-refractivity contribution in [1.82, 2.24) is 9.97 Å². The Balaban J connectivity index is 1.38. The van der Waals surface area contributed by atoms with Gasteiger partial charge in [-0.25, -0.2) is 9.97 Å². The second-order valence-electron chi connectivity index (χ2n) is 8.39. The lowest BCUT2D eigenvalue weighted by molar-refractivity contribution is 0.0986. The number of aryl methyl sites for hydroxylation is 1. The number of hydrogen-bond acceptors (Lipinski definition) is 5. The van der Waals surface area contributed by atoms with Crippen LogP contribution in [0.5, 0.6) is 5.75 Å². The molecule has 1 aliphatic heterocycles. The maximum Gasteiger partial charge on any atom is 0.259 e. The van der Waals surface area contributed by atoms with Crippen molar-refractivity contribution in [1.29, 1.82) is 0 Å². The molecule has 7 nitrogen and oxygen atoms in total. The Kier molecular flexibility index (Phi) is 6.40. The maximum atomic E-state index is 13.6. The first kappa shape index (κ1) is 23.5. The summed E-state index contributed by atoms with van der Waals surface area (Å²) < 4.78 is 5.27. The van der Waals surface area contributed by atoms with E-state index in [9.17, 15) is 9.59 Å². The molecule has 0 bridgehead atoms. The topological polar surface area (TPSA) is 84.4 Å². The number of hydrogen-bond donors (Lipinski definition) is 1. The highest BCUT2D eigenvalue weighted by Gasteiger charge is 2.26. The van der Waals surface area contributed by atoms with E-state index in [1.165, 1.54) is 7.11 Å². The van der Waals surface area contributed by atoms with Gasteiger partial charge in [-0.3, -0.25) is 9.59 Å². The van der Waals surface area contributed by atoms with Crippen LogP contribution in [0.2, 0.25) is 5.02 Å². The first-order valence-electron chi connectivity index (χ1n) is 11.4. The average Bonchev–Trinajstić information content (AvgIpc) is 3.05. The van der Waals surface area contributed by atoms with Crippen molar-refractivity contribution in [2.45, 2.75) is 13.3 Å². The van der Waals surface area contributed by atoms with Crippen molar-refractivity contribution in [2.75, 3.05) is 23.9 Å². The van der Waals surface area contributed by atoms with Gasteiger partial charge in [-0.1, -0.05) is 29.8 Å². The number of rotatable bonds is 4. The first-order chi connectivity index (χ1) is 17.4. The molecule has 3 aromatic carbocycles. The molecule has 0 fully saturated rings. The molecule has 180 valence electrons. The standard InChI is InChI=1S/C28H23ClN4O3/c1-17-30-16-19-13-14-33(24-6-4-3-5-22(24)26(19)31-17)28(35)18-7-10-21(11-8-18)32-27(34)23-12-9-20(29)15-25(23)36-2/h3-12,15-16H,13-14H2,1-2H3,(H,32,34). The van der Waals surface area contributed by atoms with Gasteiger partial charge in [0.15, 0.2) is 0 Å². The molecule has 0 radical (unpaired) electrons. The zero-order valence-corrected chi connectivity index (χ0v) is 20.5. The van der Waals surface area contributed by atoms with E-state index in [0.29, 0.717) is 46.4 Å². The summed E-state index contributed by atoms with van der Waals surface area (Å²) in [6, 6.07) is 19.4. The van der Waals surface area contributed by atoms with Crippen LogP contribution in [0.1, 0.15) is 32.1 Å². The van der Waals surface area contributed by atoms with Gasteiger partial charge in [-0.2, -0.15) is 0 Å². The maximum absolute atomic E-state index is 13.6. The summed E-state index contributed by atoms with van der Waals surface area (Å²) in [4.78, 5) is 37.1. The number of aromatic nitrogens is 2. The molecule has 0 saturated heterocycles. The molecule has 0 atom stereocenters. The van der Waals surface area contributed by atoms with Gasteiger partial charge < -0.3 is 15.0 Å². The van der Waals surface area contributed by atoms with Crippen LogP contribution >= 0.6 is 11.6 Å². The third kappa shape index (κ3) is 4.53. The smallest absolute Gasteiger partial charge is 0.259 e. The molecule has 2 heterocycles. The second-order valence-corrected chi connectivity index (χ2v) is 8.83. The minimum Gasteiger partial charge on any atom is -0.496 e. The van der Waals surface area contributed by atoms with Crippen molar-refractivity contribution in [2.24, 2.45) is 0 Å². The van der Waals surface area contributed by atoms with Gasteiger partial charge in [0, 0.05) is 34.6 Å². The van der Waals surface area contributed by atoms with Gasteiger partial charge in [0.1, 0.15) is 11.6 Å². The van der Waals surface area contributed by atoms with E-state index in [1.807, 2.05) is 37.4 Å². The summed E-state index contributed by atoms with van der Waals surface area (Å²) in [6.07, 6.45) is 2.49. The molecular weight excluding hydrogens is 476 g/mol. The number of halogens is 1. The lowest BCUT2D eigenvalue weighted by Gasteiger charge is -2.23. The number of carbonyl (C=O) groups excluding carboxylic acids is 2. The van der Waals surface area contributed by atoms with Crippen molar-refractivity contribution in [3.05, 3.63) is 100 Å². The zero-order chi connectivity index (χ0) is 25.2. The number of nitrogens with one attached hydrogen (secondary N) is 1. The fourth-order valence-electron chi connectivity index (χ4n) is 4.29. The molecule has 8 heteroatoms. The summed E-state index contributed by atoms with van der Waals surface area (Å²) in [5, 5.41) is 3.32. The number of ether oxygens (including phenoxy) is 1. The Morgan fingerprint density at radius 2 is 1.83 bits per heavy atom. The van der Waals surface area contributed by atoms with Crippen molar-refractivity contribution >= 4 is 34.8 Å². The summed E-state index contributed by atoms with van der Waals surface area (Å²) in [6.45, 7) is 2.37. The Hall–Kier alpha value is -4.23. The Morgan fingerprint density at radius 1 is 1.06 bits per heavy atom. The normalized spacial score (nSPS) is 12.2. The van der Waals surface area contributed by atoms with E-state index in [1.54, 1.807) is 47.4 Å². The predicted octanol–water partition coefficient (Wildman–Crippen LogP) is 5.57. The molecule has 4 aromatic rings.